The molecule has 0 atom stereocenters. The number of likely N-dealkylation sites (N-methyl/N-ethyl adjacent to an activating group) is 1. The minimum atomic E-state index is -0.726. The van der Waals surface area contributed by atoms with Gasteiger partial charge in [-0.25, -0.2) is 14.6 Å². The number of ether oxygens (including phenoxy) is 1. The average molecular weight is 801 g/mol. The van der Waals surface area contributed by atoms with E-state index in [-0.39, 0.29) is 36.3 Å². The van der Waals surface area contributed by atoms with Gasteiger partial charge in [0.05, 0.1) is 16.8 Å². The summed E-state index contributed by atoms with van der Waals surface area (Å²) < 4.78 is 5.36. The summed E-state index contributed by atoms with van der Waals surface area (Å²) in [6, 6.07) is 15.1. The molecule has 4 heterocycles. The Hall–Kier alpha value is -6.71. The van der Waals surface area contributed by atoms with Crippen molar-refractivity contribution in [2.75, 3.05) is 36.8 Å². The molecule has 0 spiro atoms. The second-order valence-electron chi connectivity index (χ2n) is 13.5. The predicted molar refractivity (Wildman–Crippen MR) is 224 cm³/mol. The van der Waals surface area contributed by atoms with E-state index in [0.717, 1.165) is 54.2 Å². The van der Waals surface area contributed by atoms with Crippen LogP contribution in [0.25, 0.3) is 22.9 Å². The van der Waals surface area contributed by atoms with E-state index in [4.69, 9.17) is 4.74 Å². The quantitative estimate of drug-likeness (QED) is 0.0433. The lowest BCUT2D eigenvalue weighted by atomic mass is 9.99. The molecule has 3 aromatic heterocycles. The number of pyridine rings is 1. The molecule has 6 rings (SSSR count). The number of esters is 1. The van der Waals surface area contributed by atoms with E-state index in [1.54, 1.807) is 60.9 Å². The lowest BCUT2D eigenvalue weighted by molar-refractivity contribution is -0.129. The van der Waals surface area contributed by atoms with Crippen LogP contribution in [0.2, 0.25) is 0 Å². The minimum absolute atomic E-state index is 0.0132. The van der Waals surface area contributed by atoms with Crippen LogP contribution in [0.5, 0.6) is 5.75 Å². The monoisotopic (exact) mass is 800 g/mol. The van der Waals surface area contributed by atoms with Gasteiger partial charge in [0.15, 0.2) is 10.9 Å². The van der Waals surface area contributed by atoms with E-state index in [1.165, 1.54) is 11.3 Å². The average Bonchev–Trinajstić information content (AvgIpc) is 3.89. The van der Waals surface area contributed by atoms with Crippen molar-refractivity contribution in [1.82, 2.24) is 30.5 Å². The highest BCUT2D eigenvalue weighted by atomic mass is 32.1. The third-order valence-corrected chi connectivity index (χ3v) is 10.3. The summed E-state index contributed by atoms with van der Waals surface area (Å²) in [6.07, 6.45) is 7.29. The molecule has 0 aliphatic carbocycles. The van der Waals surface area contributed by atoms with Gasteiger partial charge in [-0.1, -0.05) is 32.0 Å². The van der Waals surface area contributed by atoms with Gasteiger partial charge in [-0.2, -0.15) is 0 Å². The molecule has 15 heteroatoms. The summed E-state index contributed by atoms with van der Waals surface area (Å²) >= 11 is 1.31. The summed E-state index contributed by atoms with van der Waals surface area (Å²) in [7, 11) is 0. The van der Waals surface area contributed by atoms with Gasteiger partial charge in [0.1, 0.15) is 5.75 Å². The predicted octanol–water partition coefficient (Wildman–Crippen LogP) is 6.31. The molecule has 14 nitrogen and oxygen atoms in total. The summed E-state index contributed by atoms with van der Waals surface area (Å²) in [4.78, 5) is 77.9. The molecule has 0 radical (unpaired) electrons. The Kier molecular flexibility index (Phi) is 13.4. The number of aryl methyl sites for hydroxylation is 1. The molecular formula is C43H44N8O6S. The van der Waals surface area contributed by atoms with Crippen molar-refractivity contribution in [3.8, 4) is 17.0 Å². The van der Waals surface area contributed by atoms with Crippen molar-refractivity contribution < 1.29 is 28.7 Å². The number of carbonyl (C=O) groups excluding carboxylic acids is 5. The van der Waals surface area contributed by atoms with Crippen molar-refractivity contribution in [3.05, 3.63) is 124 Å². The Morgan fingerprint density at radius 1 is 0.931 bits per heavy atom. The van der Waals surface area contributed by atoms with Gasteiger partial charge < -0.3 is 30.6 Å². The van der Waals surface area contributed by atoms with Crippen molar-refractivity contribution in [1.29, 1.82) is 0 Å². The van der Waals surface area contributed by atoms with E-state index in [9.17, 15) is 24.0 Å². The molecule has 2 aromatic carbocycles. The summed E-state index contributed by atoms with van der Waals surface area (Å²) in [5, 5.41) is 13.7. The topological polar surface area (TPSA) is 188 Å². The number of ketones is 1. The van der Waals surface area contributed by atoms with Crippen molar-refractivity contribution in [2.45, 2.75) is 40.7 Å². The molecule has 0 saturated heterocycles. The van der Waals surface area contributed by atoms with Gasteiger partial charge in [0.2, 0.25) is 0 Å². The molecular weight excluding hydrogens is 757 g/mol. The first-order valence-electron chi connectivity index (χ1n) is 18.8. The SMILES string of the molecule is CCN(CC)CCNC(=O)c1c(C)[nH]c(/C=C2\C(=O)Nc3ccc(CC(=O)/C=C/C(=O)Oc4ccc(CNC(=O)Nc5nc(-c6ccncc6)cs5)cc4)cc32)c1C. The van der Waals surface area contributed by atoms with Crippen molar-refractivity contribution >= 4 is 63.4 Å². The number of anilines is 2. The normalized spacial score (nSPS) is 12.8. The number of thiazole rings is 1. The summed E-state index contributed by atoms with van der Waals surface area (Å²) in [5.41, 5.74) is 7.32. The number of hydrogen-bond donors (Lipinski definition) is 5. The van der Waals surface area contributed by atoms with Gasteiger partial charge in [0, 0.05) is 78.1 Å². The zero-order valence-electron chi connectivity index (χ0n) is 32.6. The Bertz CT molecular complexity index is 2380. The molecule has 298 valence electrons. The second-order valence-corrected chi connectivity index (χ2v) is 14.3. The van der Waals surface area contributed by atoms with E-state index in [0.29, 0.717) is 51.0 Å². The number of hydrogen-bond acceptors (Lipinski definition) is 10. The van der Waals surface area contributed by atoms with Crippen LogP contribution < -0.4 is 26.0 Å². The Morgan fingerprint density at radius 2 is 1.67 bits per heavy atom. The third kappa shape index (κ3) is 10.4. The van der Waals surface area contributed by atoms with E-state index >= 15 is 0 Å². The first-order valence-corrected chi connectivity index (χ1v) is 19.7. The van der Waals surface area contributed by atoms with Crippen LogP contribution in [0.1, 0.15) is 57.8 Å². The fourth-order valence-corrected chi connectivity index (χ4v) is 7.12. The lowest BCUT2D eigenvalue weighted by Crippen LogP contribution is -2.35. The fraction of sp³-hybridized carbons (Fsp3) is 0.233. The Labute approximate surface area is 339 Å². The Morgan fingerprint density at radius 3 is 2.41 bits per heavy atom. The van der Waals surface area contributed by atoms with Crippen LogP contribution in [-0.2, 0) is 27.3 Å². The number of aromatic nitrogens is 3. The standard InChI is InChI=1S/C43H44N8O6S/c1-5-51(6-2)20-19-45-41(55)39-26(3)36(47-27(39)4)23-34-33-22-29(9-13-35(33)48-40(34)54)21-31(52)10-14-38(53)57-32-11-7-28(8-12-32)24-46-42(56)50-43-49-37(25-58-43)30-15-17-44-18-16-30/h7-18,22-23,25,47H,5-6,19-21,24H2,1-4H3,(H,45,55)(H,48,54)(H2,46,49,50,56)/b14-10+,34-23-. The second kappa shape index (κ2) is 19.0. The smallest absolute Gasteiger partial charge is 0.336 e. The van der Waals surface area contributed by atoms with Gasteiger partial charge in [0.25, 0.3) is 11.8 Å². The molecule has 0 unspecified atom stereocenters. The lowest BCUT2D eigenvalue weighted by Gasteiger charge is -2.18. The van der Waals surface area contributed by atoms with Gasteiger partial charge >= 0.3 is 12.0 Å². The van der Waals surface area contributed by atoms with Crippen LogP contribution in [0.15, 0.2) is 84.5 Å². The molecule has 1 aliphatic heterocycles. The van der Waals surface area contributed by atoms with E-state index in [1.807, 2.05) is 31.4 Å². The summed E-state index contributed by atoms with van der Waals surface area (Å²) in [6.45, 7) is 11.2. The van der Waals surface area contributed by atoms with Crippen LogP contribution in [0.3, 0.4) is 0 Å². The molecule has 0 bridgehead atoms. The maximum atomic E-state index is 13.1. The highest BCUT2D eigenvalue weighted by Crippen LogP contribution is 2.35. The Balaban J connectivity index is 0.992. The number of fused-ring (bicyclic) bond motifs is 1. The number of benzene rings is 2. The molecule has 5 aromatic rings. The van der Waals surface area contributed by atoms with Crippen LogP contribution in [0.4, 0.5) is 15.6 Å². The van der Waals surface area contributed by atoms with Crippen LogP contribution in [-0.4, -0.2) is 75.6 Å². The van der Waals surface area contributed by atoms with Gasteiger partial charge in [-0.3, -0.25) is 24.7 Å². The maximum Gasteiger partial charge on any atom is 0.336 e. The van der Waals surface area contributed by atoms with Crippen molar-refractivity contribution in [3.63, 3.8) is 0 Å². The zero-order valence-corrected chi connectivity index (χ0v) is 33.4. The molecule has 5 N–H and O–H groups in total. The van der Waals surface area contributed by atoms with Crippen molar-refractivity contribution in [2.24, 2.45) is 0 Å². The first-order chi connectivity index (χ1) is 28.0. The number of nitrogens with zero attached hydrogens (tertiary/aromatic N) is 3. The number of allylic oxidation sites excluding steroid dienone is 1. The number of aromatic amines is 1. The highest BCUT2D eigenvalue weighted by molar-refractivity contribution is 7.14. The number of amides is 4. The number of rotatable bonds is 16. The molecule has 58 heavy (non-hydrogen) atoms. The molecule has 0 fully saturated rings. The largest absolute Gasteiger partial charge is 0.423 e. The number of H-pyrrole nitrogens is 1. The molecule has 0 saturated carbocycles. The van der Waals surface area contributed by atoms with Crippen LogP contribution >= 0.6 is 11.3 Å². The highest BCUT2D eigenvalue weighted by Gasteiger charge is 2.26. The van der Waals surface area contributed by atoms with Crippen LogP contribution in [0, 0.1) is 13.8 Å². The number of urea groups is 1. The molecule has 1 aliphatic rings. The fourth-order valence-electron chi connectivity index (χ4n) is 6.40. The third-order valence-electron chi connectivity index (χ3n) is 9.55. The summed E-state index contributed by atoms with van der Waals surface area (Å²) in [5.74, 6) is -1.26. The number of carbonyl (C=O) groups is 5. The molecule has 4 amide bonds. The number of nitrogens with one attached hydrogen (secondary N) is 5. The van der Waals surface area contributed by atoms with Gasteiger partial charge in [-0.05, 0) is 92.2 Å². The maximum absolute atomic E-state index is 13.1. The first kappa shape index (κ1) is 40.9. The van der Waals surface area contributed by atoms with E-state index in [2.05, 4.69) is 55.0 Å². The van der Waals surface area contributed by atoms with Gasteiger partial charge in [-0.15, -0.1) is 11.3 Å². The minimum Gasteiger partial charge on any atom is -0.423 e. The van der Waals surface area contributed by atoms with E-state index < -0.39 is 12.0 Å². The zero-order chi connectivity index (χ0) is 41.2.